The molecule has 0 spiro atoms. The molecule has 0 saturated heterocycles. The third kappa shape index (κ3) is 5.03. The first kappa shape index (κ1) is 21.9. The van der Waals surface area contributed by atoms with Crippen molar-refractivity contribution in [2.75, 3.05) is 30.2 Å². The van der Waals surface area contributed by atoms with Gasteiger partial charge >= 0.3 is 0 Å². The molecule has 3 rings (SSSR count). The van der Waals surface area contributed by atoms with Gasteiger partial charge < -0.3 is 14.8 Å². The number of ether oxygens (including phenoxy) is 2. The molecule has 1 aliphatic rings. The Hall–Kier alpha value is -2.79. The Morgan fingerprint density at radius 3 is 2.27 bits per heavy atom. The number of hydrogen-bond donors (Lipinski definition) is 1. The van der Waals surface area contributed by atoms with Crippen LogP contribution in [0.2, 0.25) is 0 Å². The topological polar surface area (TPSA) is 119 Å². The third-order valence-electron chi connectivity index (χ3n) is 4.52. The van der Waals surface area contributed by atoms with Crippen LogP contribution in [0.25, 0.3) is 0 Å². The maximum atomic E-state index is 12.5. The van der Waals surface area contributed by atoms with E-state index in [-0.39, 0.29) is 17.4 Å². The van der Waals surface area contributed by atoms with Gasteiger partial charge in [-0.05, 0) is 36.8 Å². The van der Waals surface area contributed by atoms with Crippen LogP contribution in [0.3, 0.4) is 0 Å². The molecule has 0 saturated carbocycles. The molecule has 0 radical (unpaired) electrons. The summed E-state index contributed by atoms with van der Waals surface area (Å²) >= 11 is 0. The van der Waals surface area contributed by atoms with Gasteiger partial charge in [-0.25, -0.2) is 16.8 Å². The van der Waals surface area contributed by atoms with Crippen LogP contribution in [-0.2, 0) is 24.7 Å². The van der Waals surface area contributed by atoms with Crippen molar-refractivity contribution in [1.82, 2.24) is 5.32 Å². The number of anilines is 1. The van der Waals surface area contributed by atoms with Crippen molar-refractivity contribution < 1.29 is 31.1 Å². The lowest BCUT2D eigenvalue weighted by Crippen LogP contribution is -2.41. The molecule has 0 unspecified atom stereocenters. The van der Waals surface area contributed by atoms with E-state index in [0.29, 0.717) is 17.1 Å². The second kappa shape index (κ2) is 8.15. The summed E-state index contributed by atoms with van der Waals surface area (Å²) in [6, 6.07) is 10.3. The summed E-state index contributed by atoms with van der Waals surface area (Å²) in [5.74, 6) is 0.390. The van der Waals surface area contributed by atoms with Gasteiger partial charge in [-0.2, -0.15) is 0 Å². The van der Waals surface area contributed by atoms with E-state index in [1.165, 1.54) is 24.3 Å². The Morgan fingerprint density at radius 1 is 1.03 bits per heavy atom. The molecule has 0 aliphatic carbocycles. The number of fused-ring (bicyclic) bond motifs is 1. The standard InChI is InChI=1S/C19H22N2O7S2/c1-13(14-4-7-16(8-5-14)29(2,23)24)20-19(22)11-21(30(3,25)26)15-6-9-17-18(10-15)28-12-27-17/h4-10,13H,11-12H2,1-3H3,(H,20,22)/t13-/m1/s1. The zero-order valence-corrected chi connectivity index (χ0v) is 18.3. The van der Waals surface area contributed by atoms with E-state index in [2.05, 4.69) is 5.32 Å². The van der Waals surface area contributed by atoms with E-state index in [1.54, 1.807) is 25.1 Å². The molecule has 2 aromatic rings. The minimum Gasteiger partial charge on any atom is -0.454 e. The van der Waals surface area contributed by atoms with Gasteiger partial charge in [-0.3, -0.25) is 9.10 Å². The molecule has 1 heterocycles. The smallest absolute Gasteiger partial charge is 0.241 e. The highest BCUT2D eigenvalue weighted by Crippen LogP contribution is 2.36. The van der Waals surface area contributed by atoms with Gasteiger partial charge in [-0.15, -0.1) is 0 Å². The van der Waals surface area contributed by atoms with Gasteiger partial charge in [0.25, 0.3) is 0 Å². The molecule has 1 amide bonds. The second-order valence-electron chi connectivity index (χ2n) is 6.94. The summed E-state index contributed by atoms with van der Waals surface area (Å²) in [5.41, 5.74) is 0.965. The zero-order valence-electron chi connectivity index (χ0n) is 16.7. The lowest BCUT2D eigenvalue weighted by molar-refractivity contribution is -0.120. The second-order valence-corrected chi connectivity index (χ2v) is 10.9. The molecular weight excluding hydrogens is 432 g/mol. The van der Waals surface area contributed by atoms with Crippen LogP contribution >= 0.6 is 0 Å². The van der Waals surface area contributed by atoms with E-state index in [1.807, 2.05) is 0 Å². The SMILES string of the molecule is C[C@@H](NC(=O)CN(c1ccc2c(c1)OCO2)S(C)(=O)=O)c1ccc(S(C)(=O)=O)cc1. The minimum absolute atomic E-state index is 0.0494. The number of sulfone groups is 1. The maximum Gasteiger partial charge on any atom is 0.241 e. The first-order valence-electron chi connectivity index (χ1n) is 8.92. The minimum atomic E-state index is -3.74. The molecule has 9 nitrogen and oxygen atoms in total. The van der Waals surface area contributed by atoms with Crippen LogP contribution in [0.1, 0.15) is 18.5 Å². The number of sulfonamides is 1. The van der Waals surface area contributed by atoms with Gasteiger partial charge in [0.1, 0.15) is 6.54 Å². The quantitative estimate of drug-likeness (QED) is 0.673. The maximum absolute atomic E-state index is 12.5. The Morgan fingerprint density at radius 2 is 1.67 bits per heavy atom. The van der Waals surface area contributed by atoms with Crippen molar-refractivity contribution in [2.45, 2.75) is 17.9 Å². The number of nitrogens with zero attached hydrogens (tertiary/aromatic N) is 1. The van der Waals surface area contributed by atoms with Crippen molar-refractivity contribution in [3.63, 3.8) is 0 Å². The lowest BCUT2D eigenvalue weighted by atomic mass is 10.1. The summed E-state index contributed by atoms with van der Waals surface area (Å²) in [4.78, 5) is 12.7. The number of amides is 1. The van der Waals surface area contributed by atoms with E-state index >= 15 is 0 Å². The fourth-order valence-corrected chi connectivity index (χ4v) is 4.42. The predicted molar refractivity (Wildman–Crippen MR) is 111 cm³/mol. The summed E-state index contributed by atoms with van der Waals surface area (Å²) in [7, 11) is -7.06. The fourth-order valence-electron chi connectivity index (χ4n) is 2.94. The van der Waals surface area contributed by atoms with Gasteiger partial charge in [-0.1, -0.05) is 12.1 Å². The molecule has 2 aromatic carbocycles. The van der Waals surface area contributed by atoms with Gasteiger partial charge in [0.2, 0.25) is 22.7 Å². The average Bonchev–Trinajstić information content (AvgIpc) is 3.12. The van der Waals surface area contributed by atoms with E-state index in [4.69, 9.17) is 9.47 Å². The number of carbonyl (C=O) groups is 1. The Bertz CT molecular complexity index is 1160. The number of rotatable bonds is 7. The highest BCUT2D eigenvalue weighted by atomic mass is 32.2. The normalized spacial score (nSPS) is 14.2. The van der Waals surface area contributed by atoms with Crippen molar-refractivity contribution in [3.8, 4) is 11.5 Å². The molecule has 11 heteroatoms. The number of benzene rings is 2. The summed E-state index contributed by atoms with van der Waals surface area (Å²) in [5, 5.41) is 2.73. The molecule has 1 aliphatic heterocycles. The van der Waals surface area contributed by atoms with Crippen LogP contribution in [0.4, 0.5) is 5.69 Å². The van der Waals surface area contributed by atoms with Crippen LogP contribution < -0.4 is 19.1 Å². The van der Waals surface area contributed by atoms with Crippen molar-refractivity contribution in [1.29, 1.82) is 0 Å². The lowest BCUT2D eigenvalue weighted by Gasteiger charge is -2.23. The summed E-state index contributed by atoms with van der Waals surface area (Å²) in [6.07, 6.45) is 2.13. The predicted octanol–water partition coefficient (Wildman–Crippen LogP) is 1.46. The van der Waals surface area contributed by atoms with Crippen LogP contribution in [0, 0.1) is 0 Å². The van der Waals surface area contributed by atoms with E-state index in [0.717, 1.165) is 16.8 Å². The highest BCUT2D eigenvalue weighted by Gasteiger charge is 2.24. The molecule has 1 N–H and O–H groups in total. The number of carbonyl (C=O) groups excluding carboxylic acids is 1. The van der Waals surface area contributed by atoms with Crippen LogP contribution in [-0.4, -0.2) is 48.6 Å². The monoisotopic (exact) mass is 454 g/mol. The van der Waals surface area contributed by atoms with Crippen molar-refractivity contribution in [3.05, 3.63) is 48.0 Å². The first-order chi connectivity index (χ1) is 13.9. The van der Waals surface area contributed by atoms with E-state index in [9.17, 15) is 21.6 Å². The Balaban J connectivity index is 1.73. The third-order valence-corrected chi connectivity index (χ3v) is 6.79. The van der Waals surface area contributed by atoms with Crippen LogP contribution in [0.5, 0.6) is 11.5 Å². The Labute approximate surface area is 175 Å². The van der Waals surface area contributed by atoms with Crippen molar-refractivity contribution >= 4 is 31.5 Å². The average molecular weight is 455 g/mol. The molecule has 0 bridgehead atoms. The zero-order chi connectivity index (χ0) is 22.1. The van der Waals surface area contributed by atoms with Gasteiger partial charge in [0, 0.05) is 12.3 Å². The van der Waals surface area contributed by atoms with Crippen molar-refractivity contribution in [2.24, 2.45) is 0 Å². The number of nitrogens with one attached hydrogen (secondary N) is 1. The Kier molecular flexibility index (Phi) is 5.95. The summed E-state index contributed by atoms with van der Waals surface area (Å²) < 4.78 is 59.1. The van der Waals surface area contributed by atoms with Gasteiger partial charge in [0.05, 0.1) is 22.9 Å². The molecule has 30 heavy (non-hydrogen) atoms. The fraction of sp³-hybridized carbons (Fsp3) is 0.316. The molecule has 0 fully saturated rings. The number of hydrogen-bond acceptors (Lipinski definition) is 7. The summed E-state index contributed by atoms with van der Waals surface area (Å²) in [6.45, 7) is 1.34. The molecular formula is C19H22N2O7S2. The van der Waals surface area contributed by atoms with E-state index < -0.39 is 38.4 Å². The molecule has 0 aromatic heterocycles. The molecule has 162 valence electrons. The van der Waals surface area contributed by atoms with Crippen LogP contribution in [0.15, 0.2) is 47.4 Å². The first-order valence-corrected chi connectivity index (χ1v) is 12.7. The largest absolute Gasteiger partial charge is 0.454 e. The highest BCUT2D eigenvalue weighted by molar-refractivity contribution is 7.92. The van der Waals surface area contributed by atoms with Gasteiger partial charge in [0.15, 0.2) is 21.3 Å². The molecule has 1 atom stereocenters.